The van der Waals surface area contributed by atoms with Crippen LogP contribution in [0.2, 0.25) is 0 Å². The fourth-order valence-electron chi connectivity index (χ4n) is 3.83. The number of carbonyl (C=O) groups excluding carboxylic acids is 1. The Balaban J connectivity index is 1.66. The van der Waals surface area contributed by atoms with Crippen molar-refractivity contribution < 1.29 is 18.1 Å². The molecule has 0 radical (unpaired) electrons. The highest BCUT2D eigenvalue weighted by atomic mass is 32.2. The number of nitro groups is 1. The van der Waals surface area contributed by atoms with Gasteiger partial charge in [-0.05, 0) is 57.3 Å². The number of nitro benzene ring substituents is 1. The summed E-state index contributed by atoms with van der Waals surface area (Å²) >= 11 is 0. The van der Waals surface area contributed by atoms with Gasteiger partial charge in [0, 0.05) is 35.5 Å². The number of nitrogens with zero attached hydrogens (tertiary/aromatic N) is 2. The molecule has 1 amide bonds. The van der Waals surface area contributed by atoms with Crippen LogP contribution < -0.4 is 10.0 Å². The molecule has 1 aliphatic rings. The van der Waals surface area contributed by atoms with Crippen molar-refractivity contribution in [3.05, 3.63) is 64.2 Å². The second-order valence-corrected chi connectivity index (χ2v) is 9.63. The normalized spacial score (nSPS) is 15.6. The third-order valence-electron chi connectivity index (χ3n) is 5.80. The Hall–Kier alpha value is -2.98. The van der Waals surface area contributed by atoms with Crippen molar-refractivity contribution in [3.63, 3.8) is 0 Å². The van der Waals surface area contributed by atoms with Crippen LogP contribution in [0.15, 0.2) is 53.4 Å². The van der Waals surface area contributed by atoms with Gasteiger partial charge < -0.3 is 10.2 Å². The van der Waals surface area contributed by atoms with Crippen molar-refractivity contribution in [2.75, 3.05) is 25.4 Å². The van der Waals surface area contributed by atoms with Gasteiger partial charge in [0.2, 0.25) is 0 Å². The Morgan fingerprint density at radius 1 is 1.13 bits per heavy atom. The number of hydrogen-bond acceptors (Lipinski definition) is 6. The quantitative estimate of drug-likeness (QED) is 0.475. The first-order valence-electron chi connectivity index (χ1n) is 9.96. The van der Waals surface area contributed by atoms with Gasteiger partial charge in [-0.15, -0.1) is 0 Å². The van der Waals surface area contributed by atoms with Crippen LogP contribution in [0, 0.1) is 10.1 Å². The average molecular weight is 447 g/mol. The third-order valence-corrected chi connectivity index (χ3v) is 7.18. The molecule has 0 atom stereocenters. The average Bonchev–Trinajstić information content (AvgIpc) is 3.23. The maximum Gasteiger partial charge on any atom is 0.270 e. The molecular formula is C21H26N4O5S. The molecule has 10 heteroatoms. The van der Waals surface area contributed by atoms with Gasteiger partial charge in [0.15, 0.2) is 0 Å². The lowest BCUT2D eigenvalue weighted by molar-refractivity contribution is -0.385. The van der Waals surface area contributed by atoms with E-state index in [1.165, 1.54) is 42.5 Å². The lowest BCUT2D eigenvalue weighted by atomic mass is 9.96. The summed E-state index contributed by atoms with van der Waals surface area (Å²) in [6, 6.07) is 10.9. The summed E-state index contributed by atoms with van der Waals surface area (Å²) in [6.07, 6.45) is 4.37. The third kappa shape index (κ3) is 5.20. The number of anilines is 1. The van der Waals surface area contributed by atoms with E-state index in [0.717, 1.165) is 31.7 Å². The van der Waals surface area contributed by atoms with Crippen LogP contribution in [0.4, 0.5) is 11.4 Å². The van der Waals surface area contributed by atoms with Crippen molar-refractivity contribution in [3.8, 4) is 0 Å². The summed E-state index contributed by atoms with van der Waals surface area (Å²) in [5.74, 6) is -0.221. The topological polar surface area (TPSA) is 122 Å². The van der Waals surface area contributed by atoms with E-state index in [9.17, 15) is 23.3 Å². The van der Waals surface area contributed by atoms with Gasteiger partial charge in [-0.2, -0.15) is 0 Å². The van der Waals surface area contributed by atoms with E-state index in [1.807, 2.05) is 14.1 Å². The van der Waals surface area contributed by atoms with Gasteiger partial charge in [0.05, 0.1) is 9.82 Å². The maximum absolute atomic E-state index is 12.6. The van der Waals surface area contributed by atoms with E-state index in [2.05, 4.69) is 14.9 Å². The van der Waals surface area contributed by atoms with Crippen LogP contribution in [0.3, 0.4) is 0 Å². The van der Waals surface area contributed by atoms with Crippen LogP contribution in [0.5, 0.6) is 0 Å². The Bertz CT molecular complexity index is 1060. The molecule has 1 fully saturated rings. The van der Waals surface area contributed by atoms with Gasteiger partial charge in [-0.1, -0.05) is 18.9 Å². The summed E-state index contributed by atoms with van der Waals surface area (Å²) in [7, 11) is 0.0531. The predicted octanol–water partition coefficient (Wildman–Crippen LogP) is 3.00. The number of hydrogen-bond donors (Lipinski definition) is 2. The molecule has 0 aromatic heterocycles. The van der Waals surface area contributed by atoms with E-state index in [-0.39, 0.29) is 27.7 Å². The van der Waals surface area contributed by atoms with Crippen LogP contribution >= 0.6 is 0 Å². The number of nitrogens with one attached hydrogen (secondary N) is 2. The number of amides is 1. The van der Waals surface area contributed by atoms with Crippen LogP contribution in [0.1, 0.15) is 36.0 Å². The molecule has 0 unspecified atom stereocenters. The molecular weight excluding hydrogens is 420 g/mol. The molecule has 1 saturated carbocycles. The smallest absolute Gasteiger partial charge is 0.270 e. The van der Waals surface area contributed by atoms with Crippen LogP contribution in [-0.2, 0) is 10.0 Å². The Labute approximate surface area is 181 Å². The van der Waals surface area contributed by atoms with Gasteiger partial charge in [-0.3, -0.25) is 19.6 Å². The standard InChI is InChI=1S/C21H26N4O5S/c1-24(2)21(12-3-4-13-21)15-22-20(26)16-8-10-17(11-9-16)23-31(29,30)19-7-5-6-18(14-19)25(27)28/h5-11,14,23H,3-4,12-13,15H2,1-2H3,(H,22,26). The molecule has 0 spiro atoms. The molecule has 31 heavy (non-hydrogen) atoms. The van der Waals surface area contributed by atoms with Gasteiger partial charge in [0.1, 0.15) is 0 Å². The lowest BCUT2D eigenvalue weighted by Gasteiger charge is -2.36. The van der Waals surface area contributed by atoms with Crippen LogP contribution in [-0.4, -0.2) is 50.3 Å². The first-order valence-corrected chi connectivity index (χ1v) is 11.4. The number of non-ortho nitro benzene ring substituents is 1. The molecule has 9 nitrogen and oxygen atoms in total. The minimum atomic E-state index is -4.00. The zero-order valence-electron chi connectivity index (χ0n) is 17.5. The number of sulfonamides is 1. The van der Waals surface area contributed by atoms with E-state index >= 15 is 0 Å². The van der Waals surface area contributed by atoms with E-state index in [0.29, 0.717) is 12.1 Å². The second-order valence-electron chi connectivity index (χ2n) is 7.95. The molecule has 3 rings (SSSR count). The first kappa shape index (κ1) is 22.7. The van der Waals surface area contributed by atoms with Crippen LogP contribution in [0.25, 0.3) is 0 Å². The summed E-state index contributed by atoms with van der Waals surface area (Å²) in [5.41, 5.74) is 0.338. The minimum Gasteiger partial charge on any atom is -0.350 e. The number of benzene rings is 2. The van der Waals surface area contributed by atoms with Crippen molar-refractivity contribution in [1.29, 1.82) is 0 Å². The predicted molar refractivity (Wildman–Crippen MR) is 118 cm³/mol. The number of carbonyl (C=O) groups is 1. The zero-order valence-corrected chi connectivity index (χ0v) is 18.3. The summed E-state index contributed by atoms with van der Waals surface area (Å²) in [4.78, 5) is 24.7. The SMILES string of the molecule is CN(C)C1(CNC(=O)c2ccc(NS(=O)(=O)c3cccc([N+](=O)[O-])c3)cc2)CCCC1. The fraction of sp³-hybridized carbons (Fsp3) is 0.381. The highest BCUT2D eigenvalue weighted by molar-refractivity contribution is 7.92. The number of likely N-dealkylation sites (N-methyl/N-ethyl adjacent to an activating group) is 1. The van der Waals surface area contributed by atoms with E-state index in [1.54, 1.807) is 0 Å². The molecule has 2 aromatic rings. The summed E-state index contributed by atoms with van der Waals surface area (Å²) < 4.78 is 27.4. The molecule has 1 aliphatic carbocycles. The van der Waals surface area contributed by atoms with Crippen molar-refractivity contribution in [2.24, 2.45) is 0 Å². The van der Waals surface area contributed by atoms with Crippen molar-refractivity contribution >= 4 is 27.3 Å². The van der Waals surface area contributed by atoms with E-state index in [4.69, 9.17) is 0 Å². The highest BCUT2D eigenvalue weighted by Gasteiger charge is 2.36. The molecule has 0 bridgehead atoms. The van der Waals surface area contributed by atoms with Crippen molar-refractivity contribution in [1.82, 2.24) is 10.2 Å². The largest absolute Gasteiger partial charge is 0.350 e. The molecule has 0 aliphatic heterocycles. The minimum absolute atomic E-state index is 0.0243. The molecule has 0 saturated heterocycles. The molecule has 2 N–H and O–H groups in total. The van der Waals surface area contributed by atoms with Gasteiger partial charge in [0.25, 0.3) is 21.6 Å². The van der Waals surface area contributed by atoms with Gasteiger partial charge in [-0.25, -0.2) is 8.42 Å². The Morgan fingerprint density at radius 3 is 2.35 bits per heavy atom. The Morgan fingerprint density at radius 2 is 1.77 bits per heavy atom. The van der Waals surface area contributed by atoms with E-state index < -0.39 is 14.9 Å². The Kier molecular flexibility index (Phi) is 6.61. The summed E-state index contributed by atoms with van der Waals surface area (Å²) in [6.45, 7) is 0.556. The lowest BCUT2D eigenvalue weighted by Crippen LogP contribution is -2.50. The second kappa shape index (κ2) is 9.03. The molecule has 166 valence electrons. The zero-order chi connectivity index (χ0) is 22.6. The summed E-state index contributed by atoms with van der Waals surface area (Å²) in [5, 5.41) is 13.9. The molecule has 2 aromatic carbocycles. The number of rotatable bonds is 8. The highest BCUT2D eigenvalue weighted by Crippen LogP contribution is 2.33. The van der Waals surface area contributed by atoms with Crippen molar-refractivity contribution in [2.45, 2.75) is 36.1 Å². The monoisotopic (exact) mass is 446 g/mol. The first-order chi connectivity index (χ1) is 14.6. The fourth-order valence-corrected chi connectivity index (χ4v) is 4.93. The van der Waals surface area contributed by atoms with Gasteiger partial charge >= 0.3 is 0 Å². The maximum atomic E-state index is 12.6. The molecule has 0 heterocycles.